The van der Waals surface area contributed by atoms with Gasteiger partial charge in [0.25, 0.3) is 0 Å². The number of hydrogen-bond acceptors (Lipinski definition) is 4. The van der Waals surface area contributed by atoms with Gasteiger partial charge in [-0.25, -0.2) is 8.42 Å². The summed E-state index contributed by atoms with van der Waals surface area (Å²) in [6, 6.07) is 22.4. The molecule has 8 heteroatoms. The van der Waals surface area contributed by atoms with Crippen molar-refractivity contribution in [3.05, 3.63) is 101 Å². The van der Waals surface area contributed by atoms with Gasteiger partial charge >= 0.3 is 0 Å². The van der Waals surface area contributed by atoms with E-state index in [4.69, 9.17) is 0 Å². The van der Waals surface area contributed by atoms with Gasteiger partial charge < -0.3 is 10.2 Å². The Bertz CT molecular complexity index is 1410. The number of rotatable bonds is 13. The van der Waals surface area contributed by atoms with Gasteiger partial charge in [0.05, 0.1) is 11.9 Å². The van der Waals surface area contributed by atoms with Gasteiger partial charge in [-0.15, -0.1) is 0 Å². The van der Waals surface area contributed by atoms with Crippen molar-refractivity contribution < 1.29 is 18.0 Å². The van der Waals surface area contributed by atoms with Gasteiger partial charge in [0, 0.05) is 32.5 Å². The van der Waals surface area contributed by atoms with Crippen LogP contribution in [0.3, 0.4) is 0 Å². The first kappa shape index (κ1) is 30.9. The van der Waals surface area contributed by atoms with Crippen molar-refractivity contribution in [1.29, 1.82) is 0 Å². The molecule has 0 radical (unpaired) electrons. The maximum Gasteiger partial charge on any atom is 0.243 e. The molecule has 0 unspecified atom stereocenters. The maximum atomic E-state index is 13.8. The van der Waals surface area contributed by atoms with E-state index in [-0.39, 0.29) is 31.3 Å². The lowest BCUT2D eigenvalue weighted by Gasteiger charge is -2.32. The lowest BCUT2D eigenvalue weighted by atomic mass is 10.0. The van der Waals surface area contributed by atoms with Crippen LogP contribution < -0.4 is 9.62 Å². The molecule has 0 aliphatic rings. The van der Waals surface area contributed by atoms with Gasteiger partial charge in [0.15, 0.2) is 0 Å². The summed E-state index contributed by atoms with van der Waals surface area (Å²) in [6.45, 7) is 8.60. The quantitative estimate of drug-likeness (QED) is 0.319. The van der Waals surface area contributed by atoms with E-state index in [9.17, 15) is 18.0 Å². The predicted octanol–water partition coefficient (Wildman–Crippen LogP) is 4.93. The molecule has 40 heavy (non-hydrogen) atoms. The fraction of sp³-hybridized carbons (Fsp3) is 0.375. The summed E-state index contributed by atoms with van der Waals surface area (Å²) in [7, 11) is -3.56. The summed E-state index contributed by atoms with van der Waals surface area (Å²) in [5.74, 6) is -0.399. The van der Waals surface area contributed by atoms with Crippen molar-refractivity contribution in [2.45, 2.75) is 59.5 Å². The molecule has 7 nitrogen and oxygen atoms in total. The molecule has 0 saturated heterocycles. The molecular formula is C32H41N3O4S. The van der Waals surface area contributed by atoms with Crippen LogP contribution in [-0.4, -0.2) is 50.5 Å². The smallest absolute Gasteiger partial charge is 0.243 e. The fourth-order valence-corrected chi connectivity index (χ4v) is 5.86. The second kappa shape index (κ2) is 14.1. The Balaban J connectivity index is 1.88. The first-order valence-electron chi connectivity index (χ1n) is 13.7. The van der Waals surface area contributed by atoms with Crippen LogP contribution in [0.2, 0.25) is 0 Å². The highest BCUT2D eigenvalue weighted by Crippen LogP contribution is 2.26. The van der Waals surface area contributed by atoms with E-state index in [0.717, 1.165) is 27.8 Å². The van der Waals surface area contributed by atoms with Crippen LogP contribution in [-0.2, 0) is 32.6 Å². The highest BCUT2D eigenvalue weighted by molar-refractivity contribution is 7.92. The first-order chi connectivity index (χ1) is 19.0. The van der Waals surface area contributed by atoms with E-state index >= 15 is 0 Å². The minimum atomic E-state index is -3.56. The largest absolute Gasteiger partial charge is 0.355 e. The molecule has 0 heterocycles. The molecule has 0 fully saturated rings. The molecule has 0 saturated carbocycles. The van der Waals surface area contributed by atoms with Crippen LogP contribution in [0.15, 0.2) is 72.8 Å². The van der Waals surface area contributed by atoms with Gasteiger partial charge in [-0.1, -0.05) is 72.3 Å². The second-order valence-electron chi connectivity index (χ2n) is 10.3. The topological polar surface area (TPSA) is 86.8 Å². The number of anilines is 1. The number of likely N-dealkylation sites (N-methyl/N-ethyl adjacent to an activating group) is 1. The third-order valence-corrected chi connectivity index (χ3v) is 8.23. The van der Waals surface area contributed by atoms with Gasteiger partial charge in [0.2, 0.25) is 21.8 Å². The molecule has 3 rings (SSSR count). The molecule has 214 valence electrons. The van der Waals surface area contributed by atoms with Crippen molar-refractivity contribution in [1.82, 2.24) is 10.2 Å². The molecule has 0 aliphatic heterocycles. The van der Waals surface area contributed by atoms with E-state index in [1.165, 1.54) is 10.6 Å². The summed E-state index contributed by atoms with van der Waals surface area (Å²) in [4.78, 5) is 28.8. The molecule has 0 aliphatic carbocycles. The Morgan fingerprint density at radius 3 is 2.23 bits per heavy atom. The summed E-state index contributed by atoms with van der Waals surface area (Å²) in [5, 5.41) is 2.91. The summed E-state index contributed by atoms with van der Waals surface area (Å²) < 4.78 is 26.8. The molecule has 0 aromatic heterocycles. The minimum absolute atomic E-state index is 0.105. The number of aryl methyl sites for hydroxylation is 2. The van der Waals surface area contributed by atoms with Gasteiger partial charge in [-0.3, -0.25) is 13.9 Å². The summed E-state index contributed by atoms with van der Waals surface area (Å²) in [6.07, 6.45) is 1.98. The molecule has 0 spiro atoms. The number of hydrogen-bond donors (Lipinski definition) is 1. The van der Waals surface area contributed by atoms with Crippen molar-refractivity contribution >= 4 is 27.5 Å². The standard InChI is InChI=1S/C32H41N3O4S/c1-6-33-32(37)30(22-27-15-8-7-9-16-27)34(23-28-17-10-13-24(2)21-28)31(36)19-12-20-35(40(5,38)39)29-18-11-14-25(3)26(29)4/h7-11,13-18,21,30H,6,12,19-20,22-23H2,1-5H3,(H,33,37)/t30-/m1/s1. The Morgan fingerprint density at radius 1 is 0.900 bits per heavy atom. The first-order valence-corrected chi connectivity index (χ1v) is 15.6. The normalized spacial score (nSPS) is 12.0. The second-order valence-corrected chi connectivity index (χ2v) is 12.2. The highest BCUT2D eigenvalue weighted by Gasteiger charge is 2.30. The van der Waals surface area contributed by atoms with Crippen molar-refractivity contribution in [2.75, 3.05) is 23.7 Å². The number of benzene rings is 3. The van der Waals surface area contributed by atoms with Crippen LogP contribution in [0, 0.1) is 20.8 Å². The van der Waals surface area contributed by atoms with E-state index < -0.39 is 16.1 Å². The predicted molar refractivity (Wildman–Crippen MR) is 162 cm³/mol. The van der Waals surface area contributed by atoms with Gasteiger partial charge in [-0.2, -0.15) is 0 Å². The van der Waals surface area contributed by atoms with E-state index in [0.29, 0.717) is 25.1 Å². The number of nitrogens with one attached hydrogen (secondary N) is 1. The van der Waals surface area contributed by atoms with Crippen LogP contribution >= 0.6 is 0 Å². The zero-order chi connectivity index (χ0) is 29.3. The Morgan fingerprint density at radius 2 is 1.57 bits per heavy atom. The molecule has 1 N–H and O–H groups in total. The monoisotopic (exact) mass is 563 g/mol. The Hall–Kier alpha value is -3.65. The molecule has 3 aromatic carbocycles. The molecular weight excluding hydrogens is 522 g/mol. The number of sulfonamides is 1. The van der Waals surface area contributed by atoms with Crippen LogP contribution in [0.4, 0.5) is 5.69 Å². The zero-order valence-electron chi connectivity index (χ0n) is 24.2. The van der Waals surface area contributed by atoms with Crippen LogP contribution in [0.25, 0.3) is 0 Å². The fourth-order valence-electron chi connectivity index (χ4n) is 4.84. The summed E-state index contributed by atoms with van der Waals surface area (Å²) in [5.41, 5.74) is 5.47. The van der Waals surface area contributed by atoms with E-state index in [2.05, 4.69) is 5.32 Å². The molecule has 3 aromatic rings. The third kappa shape index (κ3) is 8.42. The number of carbonyl (C=O) groups excluding carboxylic acids is 2. The zero-order valence-corrected chi connectivity index (χ0v) is 25.0. The minimum Gasteiger partial charge on any atom is -0.355 e. The van der Waals surface area contributed by atoms with Crippen molar-refractivity contribution in [3.63, 3.8) is 0 Å². The molecule has 1 atom stereocenters. The third-order valence-electron chi connectivity index (χ3n) is 7.05. The number of nitrogens with zero attached hydrogens (tertiary/aromatic N) is 2. The SMILES string of the molecule is CCNC(=O)[C@@H](Cc1ccccc1)N(Cc1cccc(C)c1)C(=O)CCCN(c1cccc(C)c1C)S(C)(=O)=O. The number of amides is 2. The highest BCUT2D eigenvalue weighted by atomic mass is 32.2. The Kier molecular flexibility index (Phi) is 10.9. The van der Waals surface area contributed by atoms with Gasteiger partial charge in [-0.05, 0) is 62.4 Å². The maximum absolute atomic E-state index is 13.8. The summed E-state index contributed by atoms with van der Waals surface area (Å²) >= 11 is 0. The lowest BCUT2D eigenvalue weighted by molar-refractivity contribution is -0.141. The van der Waals surface area contributed by atoms with E-state index in [1.54, 1.807) is 11.0 Å². The molecule has 0 bridgehead atoms. The van der Waals surface area contributed by atoms with Crippen LogP contribution in [0.5, 0.6) is 0 Å². The number of carbonyl (C=O) groups is 2. The van der Waals surface area contributed by atoms with Crippen LogP contribution in [0.1, 0.15) is 47.6 Å². The average Bonchev–Trinajstić information content (AvgIpc) is 2.90. The average molecular weight is 564 g/mol. The van der Waals surface area contributed by atoms with Crippen molar-refractivity contribution in [2.24, 2.45) is 0 Å². The lowest BCUT2D eigenvalue weighted by Crippen LogP contribution is -2.50. The molecule has 2 amide bonds. The van der Waals surface area contributed by atoms with Gasteiger partial charge in [0.1, 0.15) is 6.04 Å². The van der Waals surface area contributed by atoms with Crippen molar-refractivity contribution in [3.8, 4) is 0 Å². The van der Waals surface area contributed by atoms with E-state index in [1.807, 2.05) is 94.4 Å². The Labute approximate surface area is 239 Å².